The summed E-state index contributed by atoms with van der Waals surface area (Å²) in [6.07, 6.45) is 1.24. The van der Waals surface area contributed by atoms with Crippen LogP contribution in [0.25, 0.3) is 0 Å². The first-order valence-electron chi connectivity index (χ1n) is 5.05. The van der Waals surface area contributed by atoms with Gasteiger partial charge in [-0.25, -0.2) is 18.2 Å². The molecule has 19 heavy (non-hydrogen) atoms. The predicted octanol–water partition coefficient (Wildman–Crippen LogP) is 3.51. The molecule has 0 unspecified atom stereocenters. The molecule has 2 aromatic rings. The Labute approximate surface area is 114 Å². The minimum Gasteiger partial charge on any atom is -0.319 e. The molecule has 0 saturated carbocycles. The standard InChI is InChI=1S/C12H6BrF3N2O/c13-10-2-1-6(5-17-10)12(19)18-9-4-7(14)3-8(15)11(9)16/h1-5H,(H,18,19). The Balaban J connectivity index is 2.26. The first-order chi connectivity index (χ1) is 8.97. The van der Waals surface area contributed by atoms with Gasteiger partial charge in [0, 0.05) is 18.3 Å². The Bertz CT molecular complexity index is 632. The van der Waals surface area contributed by atoms with E-state index >= 15 is 0 Å². The van der Waals surface area contributed by atoms with Crippen molar-refractivity contribution in [2.45, 2.75) is 0 Å². The predicted molar refractivity (Wildman–Crippen MR) is 66.2 cm³/mol. The summed E-state index contributed by atoms with van der Waals surface area (Å²) in [6, 6.07) is 4.03. The van der Waals surface area contributed by atoms with Gasteiger partial charge in [-0.2, -0.15) is 0 Å². The van der Waals surface area contributed by atoms with Crippen molar-refractivity contribution < 1.29 is 18.0 Å². The van der Waals surface area contributed by atoms with Gasteiger partial charge < -0.3 is 5.32 Å². The van der Waals surface area contributed by atoms with Crippen LogP contribution in [-0.4, -0.2) is 10.9 Å². The van der Waals surface area contributed by atoms with Crippen molar-refractivity contribution >= 4 is 27.5 Å². The maximum atomic E-state index is 13.3. The van der Waals surface area contributed by atoms with E-state index in [1.54, 1.807) is 0 Å². The van der Waals surface area contributed by atoms with Crippen LogP contribution in [0.15, 0.2) is 35.1 Å². The molecule has 1 aromatic carbocycles. The number of aromatic nitrogens is 1. The molecule has 0 atom stereocenters. The highest BCUT2D eigenvalue weighted by Crippen LogP contribution is 2.20. The molecule has 0 aliphatic heterocycles. The number of anilines is 1. The Hall–Kier alpha value is -1.89. The molecule has 0 aliphatic carbocycles. The number of nitrogens with one attached hydrogen (secondary N) is 1. The third-order valence-corrected chi connectivity index (χ3v) is 2.70. The molecule has 0 aliphatic rings. The summed E-state index contributed by atoms with van der Waals surface area (Å²) in [4.78, 5) is 15.5. The first kappa shape index (κ1) is 13.5. The molecule has 0 bridgehead atoms. The van der Waals surface area contributed by atoms with Crippen LogP contribution in [0.5, 0.6) is 0 Å². The number of pyridine rings is 1. The Morgan fingerprint density at radius 1 is 1.21 bits per heavy atom. The summed E-state index contributed by atoms with van der Waals surface area (Å²) in [6.45, 7) is 0. The number of halogens is 4. The van der Waals surface area contributed by atoms with Gasteiger partial charge >= 0.3 is 0 Å². The van der Waals surface area contributed by atoms with Crippen molar-refractivity contribution in [2.24, 2.45) is 0 Å². The lowest BCUT2D eigenvalue weighted by Gasteiger charge is -2.07. The SMILES string of the molecule is O=C(Nc1cc(F)cc(F)c1F)c1ccc(Br)nc1. The van der Waals surface area contributed by atoms with Crippen molar-refractivity contribution in [3.8, 4) is 0 Å². The summed E-state index contributed by atoms with van der Waals surface area (Å²) in [5.41, 5.74) is -0.433. The zero-order valence-corrected chi connectivity index (χ0v) is 10.8. The fourth-order valence-electron chi connectivity index (χ4n) is 1.35. The van der Waals surface area contributed by atoms with Crippen LogP contribution >= 0.6 is 15.9 Å². The van der Waals surface area contributed by atoms with Crippen molar-refractivity contribution in [1.82, 2.24) is 4.98 Å². The number of rotatable bonds is 2. The smallest absolute Gasteiger partial charge is 0.257 e. The molecule has 1 heterocycles. The molecule has 0 fully saturated rings. The average Bonchev–Trinajstić information content (AvgIpc) is 2.36. The maximum absolute atomic E-state index is 13.3. The minimum absolute atomic E-state index is 0.132. The van der Waals surface area contributed by atoms with Gasteiger partial charge in [-0.1, -0.05) is 0 Å². The van der Waals surface area contributed by atoms with E-state index in [2.05, 4.69) is 26.2 Å². The molecule has 0 radical (unpaired) electrons. The normalized spacial score (nSPS) is 10.3. The van der Waals surface area contributed by atoms with E-state index in [4.69, 9.17) is 0 Å². The number of hydrogen-bond acceptors (Lipinski definition) is 2. The van der Waals surface area contributed by atoms with Gasteiger partial charge in [-0.3, -0.25) is 4.79 Å². The fraction of sp³-hybridized carbons (Fsp3) is 0. The minimum atomic E-state index is -1.37. The Morgan fingerprint density at radius 3 is 2.58 bits per heavy atom. The molecule has 3 nitrogen and oxygen atoms in total. The largest absolute Gasteiger partial charge is 0.319 e. The molecule has 7 heteroatoms. The number of carbonyl (C=O) groups is 1. The quantitative estimate of drug-likeness (QED) is 0.676. The molecule has 1 aromatic heterocycles. The lowest BCUT2D eigenvalue weighted by molar-refractivity contribution is 0.102. The number of carbonyl (C=O) groups excluding carboxylic acids is 1. The van der Waals surface area contributed by atoms with E-state index < -0.39 is 29.0 Å². The molecule has 2 rings (SSSR count). The van der Waals surface area contributed by atoms with Crippen LogP contribution in [-0.2, 0) is 0 Å². The summed E-state index contributed by atoms with van der Waals surface area (Å²) < 4.78 is 39.8. The van der Waals surface area contributed by atoms with Gasteiger partial charge in [0.05, 0.1) is 11.3 Å². The molecule has 1 amide bonds. The first-order valence-corrected chi connectivity index (χ1v) is 5.84. The van der Waals surface area contributed by atoms with Crippen LogP contribution in [0.3, 0.4) is 0 Å². The Kier molecular flexibility index (Phi) is 3.84. The maximum Gasteiger partial charge on any atom is 0.257 e. The summed E-state index contributed by atoms with van der Waals surface area (Å²) >= 11 is 3.09. The second-order valence-electron chi connectivity index (χ2n) is 3.57. The van der Waals surface area contributed by atoms with Crippen molar-refractivity contribution in [3.63, 3.8) is 0 Å². The van der Waals surface area contributed by atoms with E-state index in [0.29, 0.717) is 16.7 Å². The van der Waals surface area contributed by atoms with E-state index in [0.717, 1.165) is 0 Å². The van der Waals surface area contributed by atoms with Crippen molar-refractivity contribution in [1.29, 1.82) is 0 Å². The van der Waals surface area contributed by atoms with E-state index in [-0.39, 0.29) is 5.56 Å². The van der Waals surface area contributed by atoms with Crippen LogP contribution in [0.1, 0.15) is 10.4 Å². The lowest BCUT2D eigenvalue weighted by Crippen LogP contribution is -2.14. The second kappa shape index (κ2) is 5.40. The van der Waals surface area contributed by atoms with E-state index in [1.165, 1.54) is 18.3 Å². The lowest BCUT2D eigenvalue weighted by atomic mass is 10.2. The molecular formula is C12H6BrF3N2O. The van der Waals surface area contributed by atoms with Crippen molar-refractivity contribution in [3.05, 3.63) is 58.1 Å². The average molecular weight is 331 g/mol. The zero-order chi connectivity index (χ0) is 14.0. The Morgan fingerprint density at radius 2 is 1.95 bits per heavy atom. The van der Waals surface area contributed by atoms with Gasteiger partial charge in [0.1, 0.15) is 10.4 Å². The molecule has 1 N–H and O–H groups in total. The van der Waals surface area contributed by atoms with Gasteiger partial charge in [0.2, 0.25) is 0 Å². The highest BCUT2D eigenvalue weighted by atomic mass is 79.9. The van der Waals surface area contributed by atoms with E-state index in [1.807, 2.05) is 0 Å². The molecular weight excluding hydrogens is 325 g/mol. The van der Waals surface area contributed by atoms with Gasteiger partial charge in [0.15, 0.2) is 11.6 Å². The second-order valence-corrected chi connectivity index (χ2v) is 4.39. The van der Waals surface area contributed by atoms with Gasteiger partial charge in [0.25, 0.3) is 5.91 Å². The highest BCUT2D eigenvalue weighted by Gasteiger charge is 2.14. The van der Waals surface area contributed by atoms with E-state index in [9.17, 15) is 18.0 Å². The van der Waals surface area contributed by atoms with Crippen molar-refractivity contribution in [2.75, 3.05) is 5.32 Å². The summed E-state index contributed by atoms with van der Waals surface area (Å²) in [5, 5.41) is 2.08. The number of hydrogen-bond donors (Lipinski definition) is 1. The summed E-state index contributed by atoms with van der Waals surface area (Å²) in [7, 11) is 0. The number of amides is 1. The molecule has 0 spiro atoms. The third-order valence-electron chi connectivity index (χ3n) is 2.23. The zero-order valence-electron chi connectivity index (χ0n) is 9.25. The molecule has 98 valence electrons. The third kappa shape index (κ3) is 3.11. The fourth-order valence-corrected chi connectivity index (χ4v) is 1.59. The number of nitrogens with zero attached hydrogens (tertiary/aromatic N) is 1. The topological polar surface area (TPSA) is 42.0 Å². The van der Waals surface area contributed by atoms with Crippen LogP contribution in [0.2, 0.25) is 0 Å². The van der Waals surface area contributed by atoms with Crippen LogP contribution in [0, 0.1) is 17.5 Å². The van der Waals surface area contributed by atoms with Gasteiger partial charge in [-0.05, 0) is 28.1 Å². The van der Waals surface area contributed by atoms with Gasteiger partial charge in [-0.15, -0.1) is 0 Å². The summed E-state index contributed by atoms with van der Waals surface area (Å²) in [5.74, 6) is -4.39. The van der Waals surface area contributed by atoms with Crippen LogP contribution < -0.4 is 5.32 Å². The highest BCUT2D eigenvalue weighted by molar-refractivity contribution is 9.10. The molecule has 0 saturated heterocycles. The number of benzene rings is 1. The van der Waals surface area contributed by atoms with Crippen LogP contribution in [0.4, 0.5) is 18.9 Å². The monoisotopic (exact) mass is 330 g/mol.